The van der Waals surface area contributed by atoms with Gasteiger partial charge in [-0.1, -0.05) is 0 Å². The van der Waals surface area contributed by atoms with E-state index in [1.54, 1.807) is 13.4 Å². The van der Waals surface area contributed by atoms with Gasteiger partial charge in [0.25, 0.3) is 0 Å². The Morgan fingerprint density at radius 2 is 2.53 bits per heavy atom. The SMILES string of the molecule is COC[C@@H](C)N[C@H]1CCCc2occc21. The van der Waals surface area contributed by atoms with Crippen LogP contribution in [0.3, 0.4) is 0 Å². The summed E-state index contributed by atoms with van der Waals surface area (Å²) in [5.74, 6) is 1.16. The van der Waals surface area contributed by atoms with Crippen LogP contribution in [-0.2, 0) is 11.2 Å². The van der Waals surface area contributed by atoms with Gasteiger partial charge in [-0.15, -0.1) is 0 Å². The molecule has 1 aromatic heterocycles. The van der Waals surface area contributed by atoms with Gasteiger partial charge in [-0.25, -0.2) is 0 Å². The first-order valence-electron chi connectivity index (χ1n) is 5.62. The summed E-state index contributed by atoms with van der Waals surface area (Å²) in [5.41, 5.74) is 1.34. The van der Waals surface area contributed by atoms with E-state index in [1.165, 1.54) is 18.4 Å². The summed E-state index contributed by atoms with van der Waals surface area (Å²) in [7, 11) is 1.74. The van der Waals surface area contributed by atoms with Gasteiger partial charge in [0.1, 0.15) is 5.76 Å². The lowest BCUT2D eigenvalue weighted by Crippen LogP contribution is -2.35. The maximum absolute atomic E-state index is 5.46. The zero-order valence-corrected chi connectivity index (χ0v) is 9.45. The normalized spacial score (nSPS) is 22.4. The summed E-state index contributed by atoms with van der Waals surface area (Å²) in [6.45, 7) is 2.90. The molecular formula is C12H19NO2. The molecule has 0 aliphatic heterocycles. The highest BCUT2D eigenvalue weighted by Crippen LogP contribution is 2.30. The van der Waals surface area contributed by atoms with Crippen LogP contribution in [0.25, 0.3) is 0 Å². The number of furan rings is 1. The summed E-state index contributed by atoms with van der Waals surface area (Å²) in [6, 6.07) is 2.92. The molecule has 0 fully saturated rings. The lowest BCUT2D eigenvalue weighted by atomic mass is 9.93. The quantitative estimate of drug-likeness (QED) is 0.826. The third kappa shape index (κ3) is 2.41. The molecule has 1 heterocycles. The Bertz CT molecular complexity index is 308. The highest BCUT2D eigenvalue weighted by molar-refractivity contribution is 5.24. The molecule has 2 rings (SSSR count). The van der Waals surface area contributed by atoms with Crippen LogP contribution in [0, 0.1) is 0 Å². The van der Waals surface area contributed by atoms with Crippen molar-refractivity contribution >= 4 is 0 Å². The van der Waals surface area contributed by atoms with Crippen molar-refractivity contribution in [2.75, 3.05) is 13.7 Å². The molecule has 0 radical (unpaired) electrons. The van der Waals surface area contributed by atoms with Gasteiger partial charge < -0.3 is 14.5 Å². The first-order chi connectivity index (χ1) is 7.31. The first kappa shape index (κ1) is 10.7. The van der Waals surface area contributed by atoms with Gasteiger partial charge in [-0.05, 0) is 25.8 Å². The Labute approximate surface area is 90.8 Å². The number of hydrogen-bond acceptors (Lipinski definition) is 3. The molecule has 0 bridgehead atoms. The van der Waals surface area contributed by atoms with Crippen LogP contribution < -0.4 is 5.32 Å². The molecule has 1 N–H and O–H groups in total. The van der Waals surface area contributed by atoms with E-state index in [1.807, 2.05) is 0 Å². The van der Waals surface area contributed by atoms with Crippen LogP contribution in [0.1, 0.15) is 37.1 Å². The predicted octanol–water partition coefficient (Wildman–Crippen LogP) is 2.28. The number of ether oxygens (including phenoxy) is 1. The molecule has 0 saturated carbocycles. The van der Waals surface area contributed by atoms with Crippen molar-refractivity contribution < 1.29 is 9.15 Å². The smallest absolute Gasteiger partial charge is 0.108 e. The topological polar surface area (TPSA) is 34.4 Å². The Hall–Kier alpha value is -0.800. The van der Waals surface area contributed by atoms with Gasteiger partial charge in [-0.2, -0.15) is 0 Å². The monoisotopic (exact) mass is 209 g/mol. The van der Waals surface area contributed by atoms with Crippen LogP contribution >= 0.6 is 0 Å². The minimum absolute atomic E-state index is 0.390. The van der Waals surface area contributed by atoms with E-state index in [4.69, 9.17) is 9.15 Å². The largest absolute Gasteiger partial charge is 0.469 e. The van der Waals surface area contributed by atoms with E-state index in [0.29, 0.717) is 12.1 Å². The van der Waals surface area contributed by atoms with Crippen LogP contribution in [0.5, 0.6) is 0 Å². The zero-order valence-electron chi connectivity index (χ0n) is 9.45. The van der Waals surface area contributed by atoms with E-state index in [9.17, 15) is 0 Å². The van der Waals surface area contributed by atoms with Gasteiger partial charge >= 0.3 is 0 Å². The summed E-state index contributed by atoms with van der Waals surface area (Å²) in [6.07, 6.45) is 5.28. The van der Waals surface area contributed by atoms with Crippen molar-refractivity contribution in [2.45, 2.75) is 38.3 Å². The molecule has 3 heteroatoms. The number of methoxy groups -OCH3 is 1. The number of aryl methyl sites for hydroxylation is 1. The van der Waals surface area contributed by atoms with Gasteiger partial charge in [0.05, 0.1) is 12.9 Å². The molecule has 2 atom stereocenters. The fraction of sp³-hybridized carbons (Fsp3) is 0.667. The molecular weight excluding hydrogens is 190 g/mol. The number of nitrogens with one attached hydrogen (secondary N) is 1. The molecule has 0 unspecified atom stereocenters. The number of rotatable bonds is 4. The lowest BCUT2D eigenvalue weighted by Gasteiger charge is -2.26. The van der Waals surface area contributed by atoms with E-state index in [0.717, 1.165) is 18.8 Å². The maximum atomic E-state index is 5.46. The Kier molecular flexibility index (Phi) is 3.44. The molecule has 0 saturated heterocycles. The summed E-state index contributed by atoms with van der Waals surface area (Å²) in [4.78, 5) is 0. The van der Waals surface area contributed by atoms with E-state index >= 15 is 0 Å². The van der Waals surface area contributed by atoms with Crippen molar-refractivity contribution in [2.24, 2.45) is 0 Å². The molecule has 3 nitrogen and oxygen atoms in total. The first-order valence-corrected chi connectivity index (χ1v) is 5.62. The molecule has 0 spiro atoms. The van der Waals surface area contributed by atoms with Crippen molar-refractivity contribution in [3.05, 3.63) is 23.7 Å². The average molecular weight is 209 g/mol. The Morgan fingerprint density at radius 1 is 1.67 bits per heavy atom. The predicted molar refractivity (Wildman–Crippen MR) is 58.9 cm³/mol. The molecule has 84 valence electrons. The van der Waals surface area contributed by atoms with E-state index < -0.39 is 0 Å². The number of hydrogen-bond donors (Lipinski definition) is 1. The maximum Gasteiger partial charge on any atom is 0.108 e. The van der Waals surface area contributed by atoms with Crippen molar-refractivity contribution in [1.82, 2.24) is 5.32 Å². The van der Waals surface area contributed by atoms with Crippen LogP contribution in [0.15, 0.2) is 16.7 Å². The van der Waals surface area contributed by atoms with Gasteiger partial charge in [-0.3, -0.25) is 0 Å². The van der Waals surface area contributed by atoms with E-state index in [2.05, 4.69) is 18.3 Å². The van der Waals surface area contributed by atoms with Gasteiger partial charge in [0.2, 0.25) is 0 Å². The third-order valence-electron chi connectivity index (χ3n) is 2.95. The summed E-state index contributed by atoms with van der Waals surface area (Å²) in [5, 5.41) is 3.58. The third-order valence-corrected chi connectivity index (χ3v) is 2.95. The van der Waals surface area contributed by atoms with Crippen LogP contribution in [0.2, 0.25) is 0 Å². The van der Waals surface area contributed by atoms with Gasteiger partial charge in [0.15, 0.2) is 0 Å². The standard InChI is InChI=1S/C12H19NO2/c1-9(8-14-2)13-11-4-3-5-12-10(11)6-7-15-12/h6-7,9,11,13H,3-5,8H2,1-2H3/t9-,11+/m1/s1. The molecule has 1 aliphatic rings. The zero-order chi connectivity index (χ0) is 10.7. The molecule has 1 aliphatic carbocycles. The molecule has 0 amide bonds. The van der Waals surface area contributed by atoms with Crippen molar-refractivity contribution in [3.8, 4) is 0 Å². The Morgan fingerprint density at radius 3 is 3.33 bits per heavy atom. The number of fused-ring (bicyclic) bond motifs is 1. The van der Waals surface area contributed by atoms with Crippen molar-refractivity contribution in [3.63, 3.8) is 0 Å². The summed E-state index contributed by atoms with van der Waals surface area (Å²) < 4.78 is 10.6. The molecule has 15 heavy (non-hydrogen) atoms. The minimum Gasteiger partial charge on any atom is -0.469 e. The van der Waals surface area contributed by atoms with Gasteiger partial charge in [0, 0.05) is 31.2 Å². The molecule has 1 aromatic rings. The second-order valence-corrected chi connectivity index (χ2v) is 4.27. The summed E-state index contributed by atoms with van der Waals surface area (Å²) >= 11 is 0. The highest BCUT2D eigenvalue weighted by atomic mass is 16.5. The fourth-order valence-corrected chi connectivity index (χ4v) is 2.30. The lowest BCUT2D eigenvalue weighted by molar-refractivity contribution is 0.164. The second kappa shape index (κ2) is 4.81. The second-order valence-electron chi connectivity index (χ2n) is 4.27. The van der Waals surface area contributed by atoms with Crippen molar-refractivity contribution in [1.29, 1.82) is 0 Å². The minimum atomic E-state index is 0.390. The van der Waals surface area contributed by atoms with Crippen LogP contribution in [0.4, 0.5) is 0 Å². The highest BCUT2D eigenvalue weighted by Gasteiger charge is 2.23. The molecule has 0 aromatic carbocycles. The Balaban J connectivity index is 2.00. The average Bonchev–Trinajstić information content (AvgIpc) is 2.67. The fourth-order valence-electron chi connectivity index (χ4n) is 2.30. The van der Waals surface area contributed by atoms with E-state index in [-0.39, 0.29) is 0 Å². The van der Waals surface area contributed by atoms with Crippen LogP contribution in [-0.4, -0.2) is 19.8 Å².